The van der Waals surface area contributed by atoms with Crippen LogP contribution in [-0.4, -0.2) is 28.8 Å². The summed E-state index contributed by atoms with van der Waals surface area (Å²) in [6.07, 6.45) is 4.68. The Morgan fingerprint density at radius 1 is 1.10 bits per heavy atom. The molecule has 1 fully saturated rings. The van der Waals surface area contributed by atoms with Gasteiger partial charge in [-0.1, -0.05) is 64.7 Å². The van der Waals surface area contributed by atoms with E-state index in [0.29, 0.717) is 13.0 Å². The Hall–Kier alpha value is -2.14. The lowest BCUT2D eigenvalue weighted by molar-refractivity contribution is -0.140. The van der Waals surface area contributed by atoms with Gasteiger partial charge in [0.2, 0.25) is 11.8 Å². The molecule has 30 heavy (non-hydrogen) atoms. The number of hydrogen-bond acceptors (Lipinski definition) is 2. The molecule has 0 bridgehead atoms. The number of nitrogens with one attached hydrogen (secondary N) is 1. The molecule has 5 heteroatoms. The third-order valence-electron chi connectivity index (χ3n) is 5.98. The summed E-state index contributed by atoms with van der Waals surface area (Å²) < 4.78 is 0.992. The average Bonchev–Trinajstić information content (AvgIpc) is 3.22. The fraction of sp³-hybridized carbons (Fsp3) is 0.440. The molecule has 1 aliphatic rings. The molecular formula is C25H31BrN2O2. The molecule has 0 heterocycles. The van der Waals surface area contributed by atoms with Crippen molar-refractivity contribution in [3.63, 3.8) is 0 Å². The van der Waals surface area contributed by atoms with E-state index in [9.17, 15) is 9.59 Å². The monoisotopic (exact) mass is 470 g/mol. The Bertz CT molecular complexity index is 889. The Morgan fingerprint density at radius 2 is 1.77 bits per heavy atom. The van der Waals surface area contributed by atoms with Crippen molar-refractivity contribution in [3.05, 3.63) is 69.2 Å². The number of benzene rings is 2. The number of amides is 2. The predicted molar refractivity (Wildman–Crippen MR) is 124 cm³/mol. The van der Waals surface area contributed by atoms with Gasteiger partial charge in [-0.25, -0.2) is 0 Å². The van der Waals surface area contributed by atoms with E-state index in [0.717, 1.165) is 52.4 Å². The summed E-state index contributed by atoms with van der Waals surface area (Å²) in [5, 5.41) is 3.15. The first kappa shape index (κ1) is 22.5. The van der Waals surface area contributed by atoms with E-state index in [2.05, 4.69) is 33.4 Å². The molecule has 2 aromatic carbocycles. The van der Waals surface area contributed by atoms with Gasteiger partial charge in [0.05, 0.1) is 6.42 Å². The van der Waals surface area contributed by atoms with Crippen molar-refractivity contribution in [2.24, 2.45) is 0 Å². The van der Waals surface area contributed by atoms with Crippen LogP contribution >= 0.6 is 15.9 Å². The zero-order chi connectivity index (χ0) is 21.7. The SMILES string of the molecule is Cc1ccc(C)c(CC(=O)N(Cc2ccc(Br)cc2)C(C)C(=O)NC2CCCC2)c1. The minimum Gasteiger partial charge on any atom is -0.352 e. The van der Waals surface area contributed by atoms with Crippen LogP contribution in [0.2, 0.25) is 0 Å². The highest BCUT2D eigenvalue weighted by Crippen LogP contribution is 2.20. The van der Waals surface area contributed by atoms with Gasteiger partial charge in [0.25, 0.3) is 0 Å². The molecule has 4 nitrogen and oxygen atoms in total. The lowest BCUT2D eigenvalue weighted by atomic mass is 10.0. The largest absolute Gasteiger partial charge is 0.352 e. The Labute approximate surface area is 188 Å². The summed E-state index contributed by atoms with van der Waals surface area (Å²) in [5.74, 6) is -0.0889. The number of carbonyl (C=O) groups is 2. The van der Waals surface area contributed by atoms with Crippen LogP contribution in [0.4, 0.5) is 0 Å². The molecule has 1 atom stereocenters. The molecule has 0 saturated heterocycles. The molecule has 1 saturated carbocycles. The Balaban J connectivity index is 1.79. The minimum absolute atomic E-state index is 0.0271. The molecule has 0 aromatic heterocycles. The number of hydrogen-bond donors (Lipinski definition) is 1. The van der Waals surface area contributed by atoms with Gasteiger partial charge in [-0.3, -0.25) is 9.59 Å². The van der Waals surface area contributed by atoms with Crippen LogP contribution in [0.3, 0.4) is 0 Å². The van der Waals surface area contributed by atoms with Gasteiger partial charge in [0, 0.05) is 17.1 Å². The van der Waals surface area contributed by atoms with E-state index in [1.54, 1.807) is 4.90 Å². The highest BCUT2D eigenvalue weighted by atomic mass is 79.9. The van der Waals surface area contributed by atoms with Crippen molar-refractivity contribution in [1.82, 2.24) is 10.2 Å². The molecule has 3 rings (SSSR count). The fourth-order valence-corrected chi connectivity index (χ4v) is 4.28. The molecule has 0 radical (unpaired) electrons. The molecule has 2 amide bonds. The number of carbonyl (C=O) groups excluding carboxylic acids is 2. The quantitative estimate of drug-likeness (QED) is 0.612. The zero-order valence-electron chi connectivity index (χ0n) is 18.1. The maximum Gasteiger partial charge on any atom is 0.242 e. The van der Waals surface area contributed by atoms with Gasteiger partial charge in [-0.15, -0.1) is 0 Å². The van der Waals surface area contributed by atoms with Crippen LogP contribution in [0.1, 0.15) is 54.9 Å². The van der Waals surface area contributed by atoms with Gasteiger partial charge in [-0.2, -0.15) is 0 Å². The Kier molecular flexibility index (Phi) is 7.70. The summed E-state index contributed by atoms with van der Waals surface area (Å²) in [6.45, 7) is 6.31. The molecule has 1 N–H and O–H groups in total. The van der Waals surface area contributed by atoms with E-state index in [1.807, 2.05) is 51.1 Å². The summed E-state index contributed by atoms with van der Waals surface area (Å²) in [7, 11) is 0. The van der Waals surface area contributed by atoms with E-state index in [4.69, 9.17) is 0 Å². The fourth-order valence-electron chi connectivity index (χ4n) is 4.02. The van der Waals surface area contributed by atoms with Crippen LogP contribution < -0.4 is 5.32 Å². The number of aryl methyl sites for hydroxylation is 2. The van der Waals surface area contributed by atoms with Crippen LogP contribution in [0.5, 0.6) is 0 Å². The van der Waals surface area contributed by atoms with Crippen molar-refractivity contribution in [2.75, 3.05) is 0 Å². The van der Waals surface area contributed by atoms with Crippen LogP contribution in [0.15, 0.2) is 46.9 Å². The zero-order valence-corrected chi connectivity index (χ0v) is 19.7. The van der Waals surface area contributed by atoms with E-state index in [1.165, 1.54) is 0 Å². The second-order valence-electron chi connectivity index (χ2n) is 8.42. The molecule has 0 spiro atoms. The second kappa shape index (κ2) is 10.3. The Morgan fingerprint density at radius 3 is 2.43 bits per heavy atom. The third-order valence-corrected chi connectivity index (χ3v) is 6.51. The molecular weight excluding hydrogens is 440 g/mol. The molecule has 160 valence electrons. The minimum atomic E-state index is -0.521. The lowest BCUT2D eigenvalue weighted by Gasteiger charge is -2.30. The summed E-state index contributed by atoms with van der Waals surface area (Å²) in [5.41, 5.74) is 4.26. The average molecular weight is 471 g/mol. The first-order valence-electron chi connectivity index (χ1n) is 10.7. The first-order valence-corrected chi connectivity index (χ1v) is 11.5. The summed E-state index contributed by atoms with van der Waals surface area (Å²) in [6, 6.07) is 13.8. The highest BCUT2D eigenvalue weighted by molar-refractivity contribution is 9.10. The standard InChI is InChI=1S/C25H31BrN2O2/c1-17-8-9-18(2)21(14-17)15-24(29)28(16-20-10-12-22(26)13-11-20)19(3)25(30)27-23-6-4-5-7-23/h8-14,19,23H,4-7,15-16H2,1-3H3,(H,27,30). The lowest BCUT2D eigenvalue weighted by Crippen LogP contribution is -2.50. The maximum absolute atomic E-state index is 13.4. The van der Waals surface area contributed by atoms with Crippen LogP contribution in [0.25, 0.3) is 0 Å². The van der Waals surface area contributed by atoms with Crippen molar-refractivity contribution in [2.45, 2.75) is 71.5 Å². The topological polar surface area (TPSA) is 49.4 Å². The third kappa shape index (κ3) is 5.94. The van der Waals surface area contributed by atoms with Crippen LogP contribution in [0, 0.1) is 13.8 Å². The second-order valence-corrected chi connectivity index (χ2v) is 9.34. The first-order chi connectivity index (χ1) is 14.3. The normalized spacial score (nSPS) is 15.1. The highest BCUT2D eigenvalue weighted by Gasteiger charge is 2.28. The van der Waals surface area contributed by atoms with E-state index in [-0.39, 0.29) is 17.9 Å². The molecule has 0 aliphatic heterocycles. The van der Waals surface area contributed by atoms with Crippen LogP contribution in [-0.2, 0) is 22.6 Å². The van der Waals surface area contributed by atoms with Crippen molar-refractivity contribution in [3.8, 4) is 0 Å². The maximum atomic E-state index is 13.4. The van der Waals surface area contributed by atoms with Gasteiger partial charge < -0.3 is 10.2 Å². The van der Waals surface area contributed by atoms with Gasteiger partial charge in [0.1, 0.15) is 6.04 Å². The van der Waals surface area contributed by atoms with Gasteiger partial charge in [-0.05, 0) is 62.4 Å². The predicted octanol–water partition coefficient (Wildman–Crippen LogP) is 5.08. The molecule has 1 unspecified atom stereocenters. The summed E-state index contributed by atoms with van der Waals surface area (Å²) >= 11 is 3.46. The smallest absolute Gasteiger partial charge is 0.242 e. The summed E-state index contributed by atoms with van der Waals surface area (Å²) in [4.78, 5) is 28.0. The molecule has 1 aliphatic carbocycles. The van der Waals surface area contributed by atoms with E-state index >= 15 is 0 Å². The van der Waals surface area contributed by atoms with Crippen molar-refractivity contribution < 1.29 is 9.59 Å². The van der Waals surface area contributed by atoms with Gasteiger partial charge in [0.15, 0.2) is 0 Å². The number of halogens is 1. The van der Waals surface area contributed by atoms with E-state index < -0.39 is 6.04 Å². The van der Waals surface area contributed by atoms with Crippen molar-refractivity contribution >= 4 is 27.7 Å². The van der Waals surface area contributed by atoms with Crippen molar-refractivity contribution in [1.29, 1.82) is 0 Å². The number of rotatable bonds is 7. The van der Waals surface area contributed by atoms with Gasteiger partial charge >= 0.3 is 0 Å². The number of nitrogens with zero attached hydrogens (tertiary/aromatic N) is 1. The molecule has 2 aromatic rings.